The fraction of sp³-hybridized carbons (Fsp3) is 0.462. The van der Waals surface area contributed by atoms with Gasteiger partial charge in [-0.2, -0.15) is 0 Å². The molecule has 1 aromatic rings. The third kappa shape index (κ3) is 1.88. The van der Waals surface area contributed by atoms with Crippen molar-refractivity contribution in [2.45, 2.75) is 25.3 Å². The van der Waals surface area contributed by atoms with Gasteiger partial charge in [0.05, 0.1) is 5.56 Å². The fourth-order valence-electron chi connectivity index (χ4n) is 2.99. The van der Waals surface area contributed by atoms with E-state index >= 15 is 0 Å². The lowest BCUT2D eigenvalue weighted by molar-refractivity contribution is 0.0699. The molecule has 1 saturated carbocycles. The van der Waals surface area contributed by atoms with E-state index in [2.05, 4.69) is 15.9 Å². The normalized spacial score (nSPS) is 26.6. The summed E-state index contributed by atoms with van der Waals surface area (Å²) in [5, 5.41) is 0. The number of carbonyl (C=O) groups is 1. The van der Waals surface area contributed by atoms with Gasteiger partial charge in [-0.05, 0) is 43.4 Å². The minimum atomic E-state index is -0.438. The smallest absolute Gasteiger partial charge is 0.257 e. The molecule has 2 fully saturated rings. The lowest BCUT2D eigenvalue weighted by atomic mass is 10.1. The maximum Gasteiger partial charge on any atom is 0.257 e. The molecule has 0 spiro atoms. The van der Waals surface area contributed by atoms with Crippen LogP contribution in [0.2, 0.25) is 0 Å². The Morgan fingerprint density at radius 1 is 1.41 bits per heavy atom. The number of fused-ring (bicyclic) bond motifs is 2. The van der Waals surface area contributed by atoms with Crippen LogP contribution in [0.1, 0.15) is 29.6 Å². The third-order valence-corrected chi connectivity index (χ3v) is 4.32. The molecule has 3 rings (SSSR count). The Kier molecular flexibility index (Phi) is 2.69. The average Bonchev–Trinajstić information content (AvgIpc) is 2.89. The molecule has 1 heterocycles. The first-order valence-electron chi connectivity index (χ1n) is 5.91. The number of rotatable bonds is 1. The number of nitrogens with zero attached hydrogens (tertiary/aromatic N) is 1. The SMILES string of the molecule is O=C(c1ccc(Br)cc1F)N1CC2CCC1C2. The lowest BCUT2D eigenvalue weighted by Gasteiger charge is -2.27. The molecule has 90 valence electrons. The van der Waals surface area contributed by atoms with E-state index in [1.807, 2.05) is 4.90 Å². The number of halogens is 2. The van der Waals surface area contributed by atoms with Crippen molar-refractivity contribution >= 4 is 21.8 Å². The zero-order valence-electron chi connectivity index (χ0n) is 9.33. The van der Waals surface area contributed by atoms with E-state index in [-0.39, 0.29) is 11.5 Å². The van der Waals surface area contributed by atoms with Crippen LogP contribution < -0.4 is 0 Å². The summed E-state index contributed by atoms with van der Waals surface area (Å²) < 4.78 is 14.4. The van der Waals surface area contributed by atoms with E-state index in [1.54, 1.807) is 12.1 Å². The van der Waals surface area contributed by atoms with Crippen LogP contribution in [0.15, 0.2) is 22.7 Å². The molecule has 0 N–H and O–H groups in total. The highest BCUT2D eigenvalue weighted by atomic mass is 79.9. The molecule has 2 bridgehead atoms. The van der Waals surface area contributed by atoms with Gasteiger partial charge in [0.1, 0.15) is 5.82 Å². The van der Waals surface area contributed by atoms with Gasteiger partial charge >= 0.3 is 0 Å². The minimum Gasteiger partial charge on any atom is -0.335 e. The molecule has 0 radical (unpaired) electrons. The van der Waals surface area contributed by atoms with Crippen LogP contribution >= 0.6 is 15.9 Å². The molecular weight excluding hydrogens is 285 g/mol. The summed E-state index contributed by atoms with van der Waals surface area (Å²) in [7, 11) is 0. The van der Waals surface area contributed by atoms with Crippen LogP contribution in [-0.2, 0) is 0 Å². The van der Waals surface area contributed by atoms with Crippen molar-refractivity contribution in [3.63, 3.8) is 0 Å². The van der Waals surface area contributed by atoms with Gasteiger partial charge in [0.25, 0.3) is 5.91 Å². The van der Waals surface area contributed by atoms with Crippen molar-refractivity contribution in [3.05, 3.63) is 34.1 Å². The Labute approximate surface area is 108 Å². The second kappa shape index (κ2) is 4.09. The molecular formula is C13H13BrFNO. The highest BCUT2D eigenvalue weighted by Gasteiger charge is 2.40. The molecule has 1 amide bonds. The topological polar surface area (TPSA) is 20.3 Å². The first kappa shape index (κ1) is 11.2. The van der Waals surface area contributed by atoms with Gasteiger partial charge in [0.15, 0.2) is 0 Å². The van der Waals surface area contributed by atoms with E-state index in [9.17, 15) is 9.18 Å². The zero-order chi connectivity index (χ0) is 12.0. The Hall–Kier alpha value is -0.900. The van der Waals surface area contributed by atoms with Gasteiger partial charge in [-0.1, -0.05) is 15.9 Å². The van der Waals surface area contributed by atoms with E-state index in [0.29, 0.717) is 16.4 Å². The molecule has 4 heteroatoms. The predicted molar refractivity (Wildman–Crippen MR) is 66.3 cm³/mol. The van der Waals surface area contributed by atoms with Crippen LogP contribution in [0, 0.1) is 11.7 Å². The second-order valence-electron chi connectivity index (χ2n) is 4.91. The van der Waals surface area contributed by atoms with Crippen LogP contribution in [0.4, 0.5) is 4.39 Å². The van der Waals surface area contributed by atoms with E-state index in [4.69, 9.17) is 0 Å². The van der Waals surface area contributed by atoms with Gasteiger partial charge in [-0.15, -0.1) is 0 Å². The van der Waals surface area contributed by atoms with E-state index < -0.39 is 5.82 Å². The van der Waals surface area contributed by atoms with Crippen molar-refractivity contribution in [3.8, 4) is 0 Å². The quantitative estimate of drug-likeness (QED) is 0.779. The minimum absolute atomic E-state index is 0.151. The zero-order valence-corrected chi connectivity index (χ0v) is 10.9. The number of hydrogen-bond acceptors (Lipinski definition) is 1. The van der Waals surface area contributed by atoms with Crippen LogP contribution in [0.5, 0.6) is 0 Å². The van der Waals surface area contributed by atoms with Gasteiger partial charge in [0, 0.05) is 17.1 Å². The van der Waals surface area contributed by atoms with Crippen molar-refractivity contribution in [2.24, 2.45) is 5.92 Å². The molecule has 2 unspecified atom stereocenters. The van der Waals surface area contributed by atoms with Gasteiger partial charge in [-0.25, -0.2) is 4.39 Å². The summed E-state index contributed by atoms with van der Waals surface area (Å²) in [6.07, 6.45) is 3.40. The summed E-state index contributed by atoms with van der Waals surface area (Å²) in [4.78, 5) is 14.1. The number of amides is 1. The molecule has 2 aliphatic rings. The highest BCUT2D eigenvalue weighted by molar-refractivity contribution is 9.10. The molecule has 17 heavy (non-hydrogen) atoms. The maximum atomic E-state index is 13.7. The number of likely N-dealkylation sites (tertiary alicyclic amines) is 1. The number of benzene rings is 1. The largest absolute Gasteiger partial charge is 0.335 e. The van der Waals surface area contributed by atoms with Crippen LogP contribution in [0.3, 0.4) is 0 Å². The standard InChI is InChI=1S/C13H13BrFNO/c14-9-2-4-11(12(15)6-9)13(17)16-7-8-1-3-10(16)5-8/h2,4,6,8,10H,1,3,5,7H2. The summed E-state index contributed by atoms with van der Waals surface area (Å²) in [6.45, 7) is 0.805. The molecule has 1 aliphatic carbocycles. The summed E-state index contributed by atoms with van der Waals surface area (Å²) >= 11 is 3.20. The number of carbonyl (C=O) groups excluding carboxylic acids is 1. The first-order chi connectivity index (χ1) is 8.15. The number of piperidine rings is 1. The summed E-state index contributed by atoms with van der Waals surface area (Å²) in [5.74, 6) is 0.0526. The van der Waals surface area contributed by atoms with Gasteiger partial charge in [-0.3, -0.25) is 4.79 Å². The molecule has 1 saturated heterocycles. The summed E-state index contributed by atoms with van der Waals surface area (Å²) in [5.41, 5.74) is 0.195. The Balaban J connectivity index is 1.87. The molecule has 0 aromatic heterocycles. The van der Waals surface area contributed by atoms with Crippen LogP contribution in [0.25, 0.3) is 0 Å². The highest BCUT2D eigenvalue weighted by Crippen LogP contribution is 2.38. The van der Waals surface area contributed by atoms with E-state index in [1.165, 1.54) is 12.5 Å². The summed E-state index contributed by atoms with van der Waals surface area (Å²) in [6, 6.07) is 4.97. The molecule has 1 aromatic carbocycles. The van der Waals surface area contributed by atoms with E-state index in [0.717, 1.165) is 19.4 Å². The first-order valence-corrected chi connectivity index (χ1v) is 6.70. The Morgan fingerprint density at radius 2 is 2.24 bits per heavy atom. The van der Waals surface area contributed by atoms with Crippen molar-refractivity contribution < 1.29 is 9.18 Å². The molecule has 2 atom stereocenters. The third-order valence-electron chi connectivity index (χ3n) is 3.83. The maximum absolute atomic E-state index is 13.7. The van der Waals surface area contributed by atoms with Crippen LogP contribution in [-0.4, -0.2) is 23.4 Å². The second-order valence-corrected chi connectivity index (χ2v) is 5.83. The predicted octanol–water partition coefficient (Wildman–Crippen LogP) is 3.21. The Bertz CT molecular complexity index is 476. The molecule has 1 aliphatic heterocycles. The lowest BCUT2D eigenvalue weighted by Crippen LogP contribution is -2.38. The van der Waals surface area contributed by atoms with Gasteiger partial charge < -0.3 is 4.90 Å². The fourth-order valence-corrected chi connectivity index (χ4v) is 3.32. The number of hydrogen-bond donors (Lipinski definition) is 0. The van der Waals surface area contributed by atoms with Crippen molar-refractivity contribution in [1.82, 2.24) is 4.90 Å². The monoisotopic (exact) mass is 297 g/mol. The molecule has 2 nitrogen and oxygen atoms in total. The van der Waals surface area contributed by atoms with Gasteiger partial charge in [0.2, 0.25) is 0 Å². The average molecular weight is 298 g/mol. The van der Waals surface area contributed by atoms with Crippen molar-refractivity contribution in [1.29, 1.82) is 0 Å². The van der Waals surface area contributed by atoms with Crippen molar-refractivity contribution in [2.75, 3.05) is 6.54 Å². The Morgan fingerprint density at radius 3 is 2.82 bits per heavy atom.